The molecule has 3 aliphatic rings. The number of hydrogen-bond donors (Lipinski definition) is 2. The Bertz CT molecular complexity index is 1240. The molecule has 1 saturated carbocycles. The van der Waals surface area contributed by atoms with Crippen molar-refractivity contribution in [3.63, 3.8) is 0 Å². The molecule has 9 heteroatoms. The Hall–Kier alpha value is -3.27. The third-order valence-electron chi connectivity index (χ3n) is 7.41. The number of nitrogens with one attached hydrogen (secondary N) is 1. The highest BCUT2D eigenvalue weighted by molar-refractivity contribution is 6.02. The van der Waals surface area contributed by atoms with Crippen LogP contribution < -0.4 is 15.8 Å². The molecule has 1 unspecified atom stereocenters. The molecule has 0 radical (unpaired) electrons. The molecule has 196 valence electrons. The summed E-state index contributed by atoms with van der Waals surface area (Å²) in [5.74, 6) is 0.757. The van der Waals surface area contributed by atoms with Gasteiger partial charge in [-0.2, -0.15) is 0 Å². The highest BCUT2D eigenvalue weighted by atomic mass is 16.7. The van der Waals surface area contributed by atoms with E-state index in [0.29, 0.717) is 31.7 Å². The third kappa shape index (κ3) is 5.12. The average molecular weight is 508 g/mol. The number of hydrogen-bond acceptors (Lipinski definition) is 7. The molecule has 6 rings (SSSR count). The van der Waals surface area contributed by atoms with E-state index in [0.717, 1.165) is 65.9 Å². The lowest BCUT2D eigenvalue weighted by atomic mass is 9.92. The molecule has 3 heterocycles. The number of ether oxygens (including phenoxy) is 5. The van der Waals surface area contributed by atoms with Crippen LogP contribution in [0.15, 0.2) is 42.5 Å². The summed E-state index contributed by atoms with van der Waals surface area (Å²) in [5.41, 5.74) is 11.3. The first kappa shape index (κ1) is 24.1. The summed E-state index contributed by atoms with van der Waals surface area (Å²) in [5, 5.41) is 3.77. The fourth-order valence-electron chi connectivity index (χ4n) is 5.19. The van der Waals surface area contributed by atoms with Crippen molar-refractivity contribution in [2.24, 2.45) is 0 Å². The normalized spacial score (nSPS) is 21.7. The summed E-state index contributed by atoms with van der Waals surface area (Å²) in [6.07, 6.45) is 4.88. The van der Waals surface area contributed by atoms with E-state index in [-0.39, 0.29) is 18.8 Å². The maximum absolute atomic E-state index is 12.2. The quantitative estimate of drug-likeness (QED) is 0.437. The van der Waals surface area contributed by atoms with Crippen LogP contribution in [0.4, 0.5) is 16.2 Å². The third-order valence-corrected chi connectivity index (χ3v) is 7.41. The Balaban J connectivity index is 1.21. The molecule has 1 aliphatic carbocycles. The second-order valence-electron chi connectivity index (χ2n) is 9.92. The topological polar surface area (TPSA) is 106 Å². The van der Waals surface area contributed by atoms with Crippen LogP contribution in [0.25, 0.3) is 22.2 Å². The average Bonchev–Trinajstić information content (AvgIpc) is 3.64. The van der Waals surface area contributed by atoms with Crippen LogP contribution in [0, 0.1) is 0 Å². The number of nitrogens with two attached hydrogens (primary N) is 1. The zero-order valence-electron chi connectivity index (χ0n) is 20.8. The molecule has 2 aliphatic heterocycles. The van der Waals surface area contributed by atoms with Crippen LogP contribution in [-0.2, 0) is 18.9 Å². The van der Waals surface area contributed by atoms with Gasteiger partial charge in [-0.1, -0.05) is 12.1 Å². The Labute approximate surface area is 215 Å². The Morgan fingerprint density at radius 1 is 1.03 bits per heavy atom. The molecule has 2 saturated heterocycles. The van der Waals surface area contributed by atoms with E-state index in [2.05, 4.69) is 16.0 Å². The minimum absolute atomic E-state index is 0.000464. The van der Waals surface area contributed by atoms with E-state index in [1.807, 2.05) is 36.4 Å². The molecule has 2 atom stereocenters. The van der Waals surface area contributed by atoms with Crippen molar-refractivity contribution in [1.29, 1.82) is 0 Å². The first-order chi connectivity index (χ1) is 18.2. The number of nitrogens with zero attached hydrogens (tertiary/aromatic N) is 1. The van der Waals surface area contributed by atoms with Gasteiger partial charge >= 0.3 is 6.09 Å². The van der Waals surface area contributed by atoms with Gasteiger partial charge in [-0.15, -0.1) is 0 Å². The van der Waals surface area contributed by atoms with Crippen molar-refractivity contribution in [2.45, 2.75) is 50.4 Å². The van der Waals surface area contributed by atoms with Crippen LogP contribution in [-0.4, -0.2) is 56.1 Å². The monoisotopic (exact) mass is 507 g/mol. The molecule has 1 aromatic heterocycles. The van der Waals surface area contributed by atoms with Gasteiger partial charge in [0.2, 0.25) is 0 Å². The summed E-state index contributed by atoms with van der Waals surface area (Å²) in [6.45, 7) is 2.31. The van der Waals surface area contributed by atoms with Gasteiger partial charge in [0.1, 0.15) is 31.9 Å². The number of fused-ring (bicyclic) bond motifs is 1. The van der Waals surface area contributed by atoms with E-state index >= 15 is 0 Å². The zero-order valence-corrected chi connectivity index (χ0v) is 20.8. The van der Waals surface area contributed by atoms with Gasteiger partial charge in [0.15, 0.2) is 0 Å². The number of carbonyl (C=O) groups is 1. The maximum atomic E-state index is 12.2. The van der Waals surface area contributed by atoms with Crippen LogP contribution in [0.5, 0.6) is 5.75 Å². The Morgan fingerprint density at radius 2 is 1.89 bits per heavy atom. The largest absolute Gasteiger partial charge is 0.491 e. The number of rotatable bonds is 8. The summed E-state index contributed by atoms with van der Waals surface area (Å²) in [6, 6.07) is 14.2. The van der Waals surface area contributed by atoms with Crippen molar-refractivity contribution >= 4 is 28.4 Å². The molecule has 9 nitrogen and oxygen atoms in total. The summed E-state index contributed by atoms with van der Waals surface area (Å²) >= 11 is 0. The second kappa shape index (κ2) is 10.6. The Kier molecular flexibility index (Phi) is 6.91. The number of aromatic nitrogens is 1. The van der Waals surface area contributed by atoms with Gasteiger partial charge in [0.05, 0.1) is 29.6 Å². The van der Waals surface area contributed by atoms with Gasteiger partial charge in [-0.25, -0.2) is 4.79 Å². The van der Waals surface area contributed by atoms with Crippen molar-refractivity contribution < 1.29 is 28.5 Å². The lowest BCUT2D eigenvalue weighted by Crippen LogP contribution is -2.21. The summed E-state index contributed by atoms with van der Waals surface area (Å²) in [7, 11) is 0. The SMILES string of the molecule is Nc1c(-c2ccc(NC(=O)OC[C@H]3CCCO3)cc2)n(C2CCC2)c2ccc(OCC3COCO3)cc12. The molecule has 1 amide bonds. The minimum Gasteiger partial charge on any atom is -0.491 e. The molecule has 3 aromatic rings. The highest BCUT2D eigenvalue weighted by Crippen LogP contribution is 2.45. The molecule has 37 heavy (non-hydrogen) atoms. The van der Waals surface area contributed by atoms with Crippen LogP contribution in [0.2, 0.25) is 0 Å². The predicted molar refractivity (Wildman–Crippen MR) is 140 cm³/mol. The number of benzene rings is 2. The van der Waals surface area contributed by atoms with Gasteiger partial charge < -0.3 is 34.0 Å². The van der Waals surface area contributed by atoms with E-state index in [4.69, 9.17) is 29.4 Å². The molecule has 0 spiro atoms. The van der Waals surface area contributed by atoms with E-state index in [9.17, 15) is 4.79 Å². The van der Waals surface area contributed by atoms with E-state index in [1.54, 1.807) is 0 Å². The van der Waals surface area contributed by atoms with Gasteiger partial charge in [-0.05, 0) is 62.4 Å². The zero-order chi connectivity index (χ0) is 25.2. The highest BCUT2D eigenvalue weighted by Gasteiger charge is 2.27. The van der Waals surface area contributed by atoms with Crippen molar-refractivity contribution in [3.05, 3.63) is 42.5 Å². The minimum atomic E-state index is -0.478. The van der Waals surface area contributed by atoms with Crippen molar-refractivity contribution in [3.8, 4) is 17.0 Å². The number of nitrogen functional groups attached to an aromatic ring is 1. The van der Waals surface area contributed by atoms with E-state index < -0.39 is 6.09 Å². The smallest absolute Gasteiger partial charge is 0.411 e. The van der Waals surface area contributed by atoms with Crippen LogP contribution in [0.3, 0.4) is 0 Å². The number of amides is 1. The predicted octanol–water partition coefficient (Wildman–Crippen LogP) is 5.09. The fraction of sp³-hybridized carbons (Fsp3) is 0.464. The maximum Gasteiger partial charge on any atom is 0.411 e. The molecule has 2 aromatic carbocycles. The lowest BCUT2D eigenvalue weighted by Gasteiger charge is -2.30. The van der Waals surface area contributed by atoms with Crippen molar-refractivity contribution in [1.82, 2.24) is 4.57 Å². The van der Waals surface area contributed by atoms with Crippen LogP contribution in [0.1, 0.15) is 38.1 Å². The van der Waals surface area contributed by atoms with Gasteiger partial charge in [-0.3, -0.25) is 5.32 Å². The molecule has 3 N–H and O–H groups in total. The van der Waals surface area contributed by atoms with Crippen molar-refractivity contribution in [2.75, 3.05) is 44.3 Å². The van der Waals surface area contributed by atoms with Gasteiger partial charge in [0.25, 0.3) is 0 Å². The number of carbonyl (C=O) groups excluding carboxylic acids is 1. The van der Waals surface area contributed by atoms with E-state index in [1.165, 1.54) is 6.42 Å². The number of anilines is 2. The standard InChI is InChI=1S/C28H33N3O6/c29-26-24-13-21(35-16-23-14-33-17-37-23)10-11-25(24)31(20-3-1-4-20)27(26)18-6-8-19(9-7-18)30-28(32)36-15-22-5-2-12-34-22/h6-11,13,20,22-23H,1-5,12,14-17,29H2,(H,30,32)/t22-,23?/m1/s1. The lowest BCUT2D eigenvalue weighted by molar-refractivity contribution is 0.0320. The fourth-order valence-corrected chi connectivity index (χ4v) is 5.19. The first-order valence-electron chi connectivity index (χ1n) is 13.1. The molecule has 3 fully saturated rings. The van der Waals surface area contributed by atoms with Gasteiger partial charge in [0, 0.05) is 29.3 Å². The molecular weight excluding hydrogens is 474 g/mol. The van der Waals surface area contributed by atoms with Crippen LogP contribution >= 0.6 is 0 Å². The molecule has 0 bridgehead atoms. The second-order valence-corrected chi connectivity index (χ2v) is 9.92. The summed E-state index contributed by atoms with van der Waals surface area (Å²) < 4.78 is 29.9. The summed E-state index contributed by atoms with van der Waals surface area (Å²) in [4.78, 5) is 12.2. The first-order valence-corrected chi connectivity index (χ1v) is 13.1. The molecular formula is C28H33N3O6. The Morgan fingerprint density at radius 3 is 2.59 bits per heavy atom.